The molecule has 4 heteroatoms. The Morgan fingerprint density at radius 1 is 0.657 bits per heavy atom. The van der Waals surface area contributed by atoms with E-state index in [4.69, 9.17) is 5.11 Å². The highest BCUT2D eigenvalue weighted by atomic mass is 31.1. The van der Waals surface area contributed by atoms with Gasteiger partial charge in [0, 0.05) is 0 Å². The number of hydrogen-bond donors (Lipinski definition) is 1. The average Bonchev–Trinajstić information content (AvgIpc) is 2.91. The molecule has 0 spiro atoms. The largest absolute Gasteiger partial charge is 0.872 e. The lowest BCUT2D eigenvalue weighted by atomic mass is 9.84. The van der Waals surface area contributed by atoms with Gasteiger partial charge >= 0.3 is 5.97 Å². The van der Waals surface area contributed by atoms with Gasteiger partial charge in [-0.05, 0) is 66.8 Å². The average molecular weight is 483 g/mol. The second kappa shape index (κ2) is 12.3. The first kappa shape index (κ1) is 24.7. The van der Waals surface area contributed by atoms with Gasteiger partial charge in [-0.25, -0.2) is 4.79 Å². The van der Waals surface area contributed by atoms with Crippen LogP contribution in [-0.4, -0.2) is 11.1 Å². The lowest BCUT2D eigenvalue weighted by molar-refractivity contribution is -0.268. The summed E-state index contributed by atoms with van der Waals surface area (Å²) in [6.45, 7) is 0. The predicted molar refractivity (Wildman–Crippen MR) is 145 cm³/mol. The van der Waals surface area contributed by atoms with Crippen LogP contribution in [0.3, 0.4) is 0 Å². The lowest BCUT2D eigenvalue weighted by Gasteiger charge is -2.22. The summed E-state index contributed by atoms with van der Waals surface area (Å²) in [6.07, 6.45) is 6.96. The number of aromatic carboxylic acids is 1. The van der Waals surface area contributed by atoms with Crippen molar-refractivity contribution in [1.29, 1.82) is 0 Å². The molecular formula is C31H31O3P. The predicted octanol–water partition coefficient (Wildman–Crippen LogP) is 5.68. The van der Waals surface area contributed by atoms with E-state index < -0.39 is 19.6 Å². The van der Waals surface area contributed by atoms with Crippen molar-refractivity contribution in [2.75, 3.05) is 0 Å². The van der Waals surface area contributed by atoms with Gasteiger partial charge < -0.3 is 10.2 Å². The summed E-state index contributed by atoms with van der Waals surface area (Å²) in [5, 5.41) is 23.5. The van der Waals surface area contributed by atoms with Gasteiger partial charge in [0.25, 0.3) is 0 Å². The van der Waals surface area contributed by atoms with Gasteiger partial charge in [-0.2, -0.15) is 0 Å². The van der Waals surface area contributed by atoms with Crippen LogP contribution in [0.2, 0.25) is 0 Å². The smallest absolute Gasteiger partial charge is 0.335 e. The molecule has 4 aromatic carbocycles. The van der Waals surface area contributed by atoms with E-state index in [1.54, 1.807) is 5.56 Å². The van der Waals surface area contributed by atoms with E-state index in [0.717, 1.165) is 5.92 Å². The van der Waals surface area contributed by atoms with Crippen LogP contribution in [-0.2, 0) is 0 Å². The van der Waals surface area contributed by atoms with E-state index in [-0.39, 0.29) is 5.56 Å². The van der Waals surface area contributed by atoms with Crippen molar-refractivity contribution in [3.8, 4) is 5.75 Å². The van der Waals surface area contributed by atoms with E-state index in [0.29, 0.717) is 0 Å². The number of carboxylic acid groups (broad SMARTS) is 1. The molecule has 4 aromatic rings. The van der Waals surface area contributed by atoms with E-state index in [9.17, 15) is 9.90 Å². The maximum atomic E-state index is 10.7. The summed E-state index contributed by atoms with van der Waals surface area (Å²) in [6, 6.07) is 37.2. The molecule has 0 amide bonds. The van der Waals surface area contributed by atoms with Crippen molar-refractivity contribution < 1.29 is 15.0 Å². The molecule has 5 rings (SSSR count). The lowest BCUT2D eigenvalue weighted by Crippen LogP contribution is -2.20. The Bertz CT molecular complexity index is 1160. The summed E-state index contributed by atoms with van der Waals surface area (Å²) < 4.78 is 0. The fourth-order valence-electron chi connectivity index (χ4n) is 4.71. The van der Waals surface area contributed by atoms with Gasteiger partial charge in [-0.1, -0.05) is 91.7 Å². The molecule has 1 aliphatic rings. The second-order valence-electron chi connectivity index (χ2n) is 8.87. The molecule has 0 bridgehead atoms. The maximum Gasteiger partial charge on any atom is 0.335 e. The van der Waals surface area contributed by atoms with Crippen molar-refractivity contribution >= 4 is 29.8 Å². The summed E-state index contributed by atoms with van der Waals surface area (Å²) in [5.41, 5.74) is 1.37. The molecule has 0 radical (unpaired) electrons. The van der Waals surface area contributed by atoms with Crippen LogP contribution in [0.15, 0.2) is 109 Å². The first-order valence-electron chi connectivity index (χ1n) is 12.2. The Morgan fingerprint density at radius 3 is 1.63 bits per heavy atom. The number of carboxylic acids is 1. The summed E-state index contributed by atoms with van der Waals surface area (Å²) in [4.78, 5) is 10.2. The third kappa shape index (κ3) is 6.59. The molecule has 1 aliphatic carbocycles. The Morgan fingerprint density at radius 2 is 1.14 bits per heavy atom. The molecule has 1 N–H and O–H groups in total. The molecule has 0 heterocycles. The zero-order valence-electron chi connectivity index (χ0n) is 19.8. The molecular weight excluding hydrogens is 451 g/mol. The zero-order chi connectivity index (χ0) is 24.5. The van der Waals surface area contributed by atoms with Gasteiger partial charge in [0.1, 0.15) is 15.9 Å². The second-order valence-corrected chi connectivity index (χ2v) is 11.3. The Balaban J connectivity index is 0.000000243. The van der Waals surface area contributed by atoms with Crippen LogP contribution in [0, 0.1) is 0 Å². The summed E-state index contributed by atoms with van der Waals surface area (Å²) in [7, 11) is -0.924. The van der Waals surface area contributed by atoms with Crippen molar-refractivity contribution in [3.05, 3.63) is 120 Å². The molecule has 0 unspecified atom stereocenters. The molecule has 1 fully saturated rings. The van der Waals surface area contributed by atoms with Crippen molar-refractivity contribution in [3.63, 3.8) is 0 Å². The first-order valence-corrected chi connectivity index (χ1v) is 13.7. The molecule has 1 saturated carbocycles. The number of para-hydroxylation sites is 1. The van der Waals surface area contributed by atoms with Gasteiger partial charge in [0.15, 0.2) is 0 Å². The van der Waals surface area contributed by atoms with E-state index >= 15 is 0 Å². The maximum absolute atomic E-state index is 10.7. The molecule has 0 aliphatic heterocycles. The minimum atomic E-state index is -1.18. The fourth-order valence-corrected chi connectivity index (χ4v) is 7.26. The van der Waals surface area contributed by atoms with Crippen LogP contribution < -0.4 is 21.0 Å². The molecule has 178 valence electrons. The minimum absolute atomic E-state index is 0.178. The first-order chi connectivity index (χ1) is 17.1. The highest BCUT2D eigenvalue weighted by Crippen LogP contribution is 2.35. The number of carbonyl (C=O) groups is 1. The SMILES string of the molecule is O=C(O)c1ccccc1[O-].c1ccc([PH+](c2ccccc2)c2ccc(C3CCCCC3)cc2)cc1. The monoisotopic (exact) mass is 482 g/mol. The zero-order valence-corrected chi connectivity index (χ0v) is 20.8. The van der Waals surface area contributed by atoms with E-state index in [1.165, 1.54) is 72.3 Å². The van der Waals surface area contributed by atoms with Gasteiger partial charge in [-0.3, -0.25) is 0 Å². The summed E-state index contributed by atoms with van der Waals surface area (Å²) in [5.74, 6) is -0.840. The van der Waals surface area contributed by atoms with Gasteiger partial charge in [-0.15, -0.1) is 0 Å². The van der Waals surface area contributed by atoms with E-state index in [1.807, 2.05) is 0 Å². The molecule has 3 nitrogen and oxygen atoms in total. The summed E-state index contributed by atoms with van der Waals surface area (Å²) >= 11 is 0. The normalized spacial score (nSPS) is 13.6. The van der Waals surface area contributed by atoms with Crippen LogP contribution in [0.25, 0.3) is 0 Å². The highest BCUT2D eigenvalue weighted by Gasteiger charge is 2.25. The fraction of sp³-hybridized carbons (Fsp3) is 0.194. The Hall–Kier alpha value is -3.42. The number of rotatable bonds is 5. The topological polar surface area (TPSA) is 60.4 Å². The third-order valence-electron chi connectivity index (χ3n) is 6.52. The van der Waals surface area contributed by atoms with Gasteiger partial charge in [0.2, 0.25) is 0 Å². The van der Waals surface area contributed by atoms with Crippen molar-refractivity contribution in [2.24, 2.45) is 0 Å². The molecule has 0 atom stereocenters. The third-order valence-corrected chi connectivity index (χ3v) is 9.25. The Labute approximate surface area is 208 Å². The Kier molecular flexibility index (Phi) is 8.70. The standard InChI is InChI=1S/C24H25P.C7H6O3/c1-4-10-20(11-5-1)21-16-18-24(19-17-21)25(22-12-6-2-7-13-22)23-14-8-3-9-15-23;8-6-4-2-1-3-5(6)7(9)10/h2-3,6-9,12-20H,1,4-5,10-11H2;1-4,8H,(H,9,10). The van der Waals surface area contributed by atoms with E-state index in [2.05, 4.69) is 84.9 Å². The van der Waals surface area contributed by atoms with Crippen LogP contribution >= 0.6 is 7.92 Å². The van der Waals surface area contributed by atoms with Crippen molar-refractivity contribution in [1.82, 2.24) is 0 Å². The number of benzene rings is 4. The molecule has 35 heavy (non-hydrogen) atoms. The van der Waals surface area contributed by atoms with Crippen LogP contribution in [0.4, 0.5) is 0 Å². The van der Waals surface area contributed by atoms with Gasteiger partial charge in [0.05, 0.1) is 13.5 Å². The molecule has 0 saturated heterocycles. The quantitative estimate of drug-likeness (QED) is 0.372. The number of hydrogen-bond acceptors (Lipinski definition) is 2. The minimum Gasteiger partial charge on any atom is -0.872 e. The molecule has 0 aromatic heterocycles. The van der Waals surface area contributed by atoms with Crippen LogP contribution in [0.5, 0.6) is 5.75 Å². The van der Waals surface area contributed by atoms with Crippen LogP contribution in [0.1, 0.15) is 53.9 Å². The highest BCUT2D eigenvalue weighted by molar-refractivity contribution is 7.79. The van der Waals surface area contributed by atoms with Crippen molar-refractivity contribution in [2.45, 2.75) is 38.0 Å².